The molecule has 26 heavy (non-hydrogen) atoms. The molecule has 0 bridgehead atoms. The minimum absolute atomic E-state index is 0.109. The van der Waals surface area contributed by atoms with Crippen LogP contribution in [0.4, 0.5) is 4.39 Å². The molecule has 2 aliphatic rings. The highest BCUT2D eigenvalue weighted by atomic mass is 19.1. The first kappa shape index (κ1) is 17.6. The number of rotatable bonds is 5. The molecule has 2 heterocycles. The second kappa shape index (κ2) is 7.47. The summed E-state index contributed by atoms with van der Waals surface area (Å²) in [5, 5.41) is 3.66. The van der Waals surface area contributed by atoms with Gasteiger partial charge in [0.25, 0.3) is 0 Å². The minimum Gasteiger partial charge on any atom is -0.374 e. The van der Waals surface area contributed by atoms with E-state index >= 15 is 0 Å². The van der Waals surface area contributed by atoms with E-state index in [2.05, 4.69) is 26.8 Å². The number of hydrogen-bond donors (Lipinski definition) is 1. The second-order valence-electron chi connectivity index (χ2n) is 7.59. The van der Waals surface area contributed by atoms with E-state index in [0.717, 1.165) is 38.1 Å². The Morgan fingerprint density at radius 1 is 1.31 bits per heavy atom. The maximum Gasteiger partial charge on any atom is 0.123 e. The Kier molecular flexibility index (Phi) is 5.07. The van der Waals surface area contributed by atoms with Gasteiger partial charge >= 0.3 is 0 Å². The molecule has 0 unspecified atom stereocenters. The predicted octanol–water partition coefficient (Wildman–Crippen LogP) is 2.47. The fourth-order valence-corrected chi connectivity index (χ4v) is 4.20. The molecule has 0 radical (unpaired) electrons. The van der Waals surface area contributed by atoms with Crippen molar-refractivity contribution in [1.82, 2.24) is 19.8 Å². The van der Waals surface area contributed by atoms with Crippen molar-refractivity contribution in [2.45, 2.75) is 36.9 Å². The van der Waals surface area contributed by atoms with Crippen LogP contribution in [0.1, 0.15) is 36.1 Å². The van der Waals surface area contributed by atoms with E-state index in [-0.39, 0.29) is 18.0 Å². The number of imidazole rings is 1. The highest BCUT2D eigenvalue weighted by Gasteiger charge is 2.35. The van der Waals surface area contributed by atoms with E-state index < -0.39 is 0 Å². The zero-order valence-electron chi connectivity index (χ0n) is 15.4. The summed E-state index contributed by atoms with van der Waals surface area (Å²) in [5.41, 5.74) is 2.30. The molecule has 140 valence electrons. The van der Waals surface area contributed by atoms with Gasteiger partial charge < -0.3 is 14.6 Å². The number of halogens is 1. The third-order valence-electron chi connectivity index (χ3n) is 5.83. The summed E-state index contributed by atoms with van der Waals surface area (Å²) in [6.07, 6.45) is 6.01. The van der Waals surface area contributed by atoms with Crippen molar-refractivity contribution in [3.63, 3.8) is 0 Å². The SMILES string of the molecule is CN1CCO[C@@H](CNC2CC(c3cccc(F)c3)C2)[C@@H]1c1cncn1C. The fraction of sp³-hybridized carbons (Fsp3) is 0.550. The quantitative estimate of drug-likeness (QED) is 0.892. The Hall–Kier alpha value is -1.76. The van der Waals surface area contributed by atoms with Crippen molar-refractivity contribution in [2.75, 3.05) is 26.7 Å². The van der Waals surface area contributed by atoms with E-state index in [0.29, 0.717) is 12.0 Å². The van der Waals surface area contributed by atoms with Gasteiger partial charge in [-0.3, -0.25) is 4.90 Å². The number of aryl methyl sites for hydroxylation is 1. The van der Waals surface area contributed by atoms with E-state index in [4.69, 9.17) is 4.74 Å². The third kappa shape index (κ3) is 3.54. The zero-order valence-corrected chi connectivity index (χ0v) is 15.4. The van der Waals surface area contributed by atoms with Crippen molar-refractivity contribution >= 4 is 0 Å². The van der Waals surface area contributed by atoms with Crippen molar-refractivity contribution in [3.8, 4) is 0 Å². The average molecular weight is 358 g/mol. The number of nitrogens with zero attached hydrogens (tertiary/aromatic N) is 3. The fourth-order valence-electron chi connectivity index (χ4n) is 4.20. The second-order valence-corrected chi connectivity index (χ2v) is 7.59. The first-order valence-electron chi connectivity index (χ1n) is 9.38. The number of hydrogen-bond acceptors (Lipinski definition) is 4. The number of likely N-dealkylation sites (N-methyl/N-ethyl adjacent to an activating group) is 1. The summed E-state index contributed by atoms with van der Waals surface area (Å²) in [6, 6.07) is 7.69. The number of ether oxygens (including phenoxy) is 1. The molecule has 4 rings (SSSR count). The first-order chi connectivity index (χ1) is 12.6. The molecule has 2 fully saturated rings. The number of aromatic nitrogens is 2. The van der Waals surface area contributed by atoms with E-state index in [1.54, 1.807) is 12.1 Å². The van der Waals surface area contributed by atoms with E-state index in [1.807, 2.05) is 25.6 Å². The summed E-state index contributed by atoms with van der Waals surface area (Å²) in [7, 11) is 4.18. The Bertz CT molecular complexity index is 743. The molecule has 6 heteroatoms. The largest absolute Gasteiger partial charge is 0.374 e. The smallest absolute Gasteiger partial charge is 0.123 e. The van der Waals surface area contributed by atoms with Crippen molar-refractivity contribution in [1.29, 1.82) is 0 Å². The highest BCUT2D eigenvalue weighted by molar-refractivity contribution is 5.23. The Labute approximate surface area is 154 Å². The lowest BCUT2D eigenvalue weighted by Gasteiger charge is -2.42. The van der Waals surface area contributed by atoms with Crippen LogP contribution >= 0.6 is 0 Å². The van der Waals surface area contributed by atoms with Crippen LogP contribution in [0.3, 0.4) is 0 Å². The molecule has 1 N–H and O–H groups in total. The monoisotopic (exact) mass is 358 g/mol. The zero-order chi connectivity index (χ0) is 18.1. The summed E-state index contributed by atoms with van der Waals surface area (Å²) >= 11 is 0. The van der Waals surface area contributed by atoms with Gasteiger partial charge in [0.15, 0.2) is 0 Å². The van der Waals surface area contributed by atoms with Gasteiger partial charge in [0.05, 0.1) is 30.8 Å². The Morgan fingerprint density at radius 2 is 2.15 bits per heavy atom. The van der Waals surface area contributed by atoms with Crippen molar-refractivity contribution in [2.24, 2.45) is 7.05 Å². The van der Waals surface area contributed by atoms with Gasteiger partial charge in [0.1, 0.15) is 5.82 Å². The van der Waals surface area contributed by atoms with Crippen LogP contribution in [0.5, 0.6) is 0 Å². The minimum atomic E-state index is -0.142. The highest BCUT2D eigenvalue weighted by Crippen LogP contribution is 2.37. The molecule has 1 aliphatic carbocycles. The Morgan fingerprint density at radius 3 is 2.88 bits per heavy atom. The lowest BCUT2D eigenvalue weighted by molar-refractivity contribution is -0.0654. The molecule has 1 aliphatic heterocycles. The number of benzene rings is 1. The molecular formula is C20H27FN4O. The van der Waals surface area contributed by atoms with Gasteiger partial charge in [-0.15, -0.1) is 0 Å². The molecule has 2 aromatic rings. The number of nitrogens with one attached hydrogen (secondary N) is 1. The van der Waals surface area contributed by atoms with Crippen LogP contribution in [-0.2, 0) is 11.8 Å². The first-order valence-corrected chi connectivity index (χ1v) is 9.38. The van der Waals surface area contributed by atoms with Gasteiger partial charge in [-0.2, -0.15) is 0 Å². The van der Waals surface area contributed by atoms with Crippen LogP contribution in [0.15, 0.2) is 36.8 Å². The molecule has 0 spiro atoms. The van der Waals surface area contributed by atoms with E-state index in [1.165, 1.54) is 11.8 Å². The van der Waals surface area contributed by atoms with Gasteiger partial charge in [-0.05, 0) is 43.5 Å². The van der Waals surface area contributed by atoms with Gasteiger partial charge in [0.2, 0.25) is 0 Å². The molecule has 1 aromatic carbocycles. The van der Waals surface area contributed by atoms with Crippen LogP contribution in [-0.4, -0.2) is 53.3 Å². The van der Waals surface area contributed by atoms with E-state index in [9.17, 15) is 4.39 Å². The molecular weight excluding hydrogens is 331 g/mol. The van der Waals surface area contributed by atoms with Crippen LogP contribution in [0, 0.1) is 5.82 Å². The molecule has 0 amide bonds. The normalized spacial score (nSPS) is 29.5. The average Bonchev–Trinajstić information content (AvgIpc) is 2.99. The molecule has 2 atom stereocenters. The van der Waals surface area contributed by atoms with Gasteiger partial charge in [0, 0.05) is 32.4 Å². The summed E-state index contributed by atoms with van der Waals surface area (Å²) in [5.74, 6) is 0.322. The third-order valence-corrected chi connectivity index (χ3v) is 5.83. The Balaban J connectivity index is 1.33. The molecule has 1 aromatic heterocycles. The van der Waals surface area contributed by atoms with Crippen molar-refractivity contribution < 1.29 is 9.13 Å². The predicted molar refractivity (Wildman–Crippen MR) is 98.5 cm³/mol. The lowest BCUT2D eigenvalue weighted by Crippen LogP contribution is -2.51. The number of morpholine rings is 1. The maximum atomic E-state index is 13.4. The molecule has 5 nitrogen and oxygen atoms in total. The molecule has 1 saturated carbocycles. The van der Waals surface area contributed by atoms with Crippen LogP contribution in [0.25, 0.3) is 0 Å². The van der Waals surface area contributed by atoms with Gasteiger partial charge in [-0.1, -0.05) is 12.1 Å². The summed E-state index contributed by atoms with van der Waals surface area (Å²) in [6.45, 7) is 2.51. The maximum absolute atomic E-state index is 13.4. The summed E-state index contributed by atoms with van der Waals surface area (Å²) in [4.78, 5) is 6.62. The standard InChI is InChI=1S/C20H27FN4O/c1-24-6-7-26-19(20(24)18-11-22-13-25(18)2)12-23-17-9-15(10-17)14-4-3-5-16(21)8-14/h3-5,8,11,13,15,17,19-20,23H,6-7,9-10,12H2,1-2H3/t15?,17?,19-,20-/m0/s1. The van der Waals surface area contributed by atoms with Crippen LogP contribution < -0.4 is 5.32 Å². The van der Waals surface area contributed by atoms with Crippen molar-refractivity contribution in [3.05, 3.63) is 53.9 Å². The van der Waals surface area contributed by atoms with Gasteiger partial charge in [-0.25, -0.2) is 9.37 Å². The molecule has 1 saturated heterocycles. The van der Waals surface area contributed by atoms with Crippen LogP contribution in [0.2, 0.25) is 0 Å². The summed E-state index contributed by atoms with van der Waals surface area (Å²) < 4.78 is 21.5. The lowest BCUT2D eigenvalue weighted by atomic mass is 9.76. The topological polar surface area (TPSA) is 42.3 Å².